The molecule has 1 aromatic rings. The number of rotatable bonds is 2. The molecule has 3 N–H and O–H groups in total. The van der Waals surface area contributed by atoms with Gasteiger partial charge in [-0.3, -0.25) is 10.2 Å². The summed E-state index contributed by atoms with van der Waals surface area (Å²) >= 11 is 3.43. The van der Waals surface area contributed by atoms with Crippen LogP contribution in [-0.4, -0.2) is 5.91 Å². The van der Waals surface area contributed by atoms with E-state index in [1.165, 1.54) is 5.56 Å². The first-order valence-electron chi connectivity index (χ1n) is 4.91. The fraction of sp³-hybridized carbons (Fsp3) is 0.364. The van der Waals surface area contributed by atoms with E-state index in [0.717, 1.165) is 4.47 Å². The zero-order valence-corrected chi connectivity index (χ0v) is 9.99. The molecule has 3 nitrogen and oxygen atoms in total. The summed E-state index contributed by atoms with van der Waals surface area (Å²) in [5.41, 5.74) is 3.42. The molecule has 2 rings (SSSR count). The maximum atomic E-state index is 11.4. The summed E-state index contributed by atoms with van der Waals surface area (Å²) in [4.78, 5) is 11.4. The molecule has 1 aromatic carbocycles. The lowest BCUT2D eigenvalue weighted by atomic mass is 10.1. The highest BCUT2D eigenvalue weighted by Gasteiger charge is 2.52. The zero-order chi connectivity index (χ0) is 11.0. The fourth-order valence-electron chi connectivity index (χ4n) is 2.19. The minimum absolute atomic E-state index is 0.0318. The summed E-state index contributed by atoms with van der Waals surface area (Å²) in [6.45, 7) is 2.07. The zero-order valence-electron chi connectivity index (χ0n) is 8.41. The van der Waals surface area contributed by atoms with E-state index in [4.69, 9.17) is 5.84 Å². The molecule has 3 atom stereocenters. The number of hydrazine groups is 1. The van der Waals surface area contributed by atoms with Crippen LogP contribution in [0.25, 0.3) is 0 Å². The maximum absolute atomic E-state index is 11.4. The van der Waals surface area contributed by atoms with E-state index in [1.807, 2.05) is 12.1 Å². The average molecular weight is 269 g/mol. The van der Waals surface area contributed by atoms with Crippen molar-refractivity contribution in [1.29, 1.82) is 0 Å². The van der Waals surface area contributed by atoms with E-state index in [1.54, 1.807) is 0 Å². The van der Waals surface area contributed by atoms with Gasteiger partial charge in [-0.2, -0.15) is 0 Å². The molecular weight excluding hydrogens is 256 g/mol. The van der Waals surface area contributed by atoms with Crippen molar-refractivity contribution in [3.8, 4) is 0 Å². The molecule has 0 spiro atoms. The van der Waals surface area contributed by atoms with Gasteiger partial charge >= 0.3 is 0 Å². The number of hydrogen-bond donors (Lipinski definition) is 2. The van der Waals surface area contributed by atoms with Crippen LogP contribution in [-0.2, 0) is 4.79 Å². The quantitative estimate of drug-likeness (QED) is 0.488. The van der Waals surface area contributed by atoms with Gasteiger partial charge in [-0.15, -0.1) is 0 Å². The molecule has 0 saturated heterocycles. The largest absolute Gasteiger partial charge is 0.294 e. The highest BCUT2D eigenvalue weighted by molar-refractivity contribution is 9.10. The topological polar surface area (TPSA) is 55.1 Å². The van der Waals surface area contributed by atoms with Crippen LogP contribution in [0.4, 0.5) is 0 Å². The first-order chi connectivity index (χ1) is 7.15. The Morgan fingerprint density at radius 2 is 2.27 bits per heavy atom. The summed E-state index contributed by atoms with van der Waals surface area (Å²) in [6.07, 6.45) is 0. The van der Waals surface area contributed by atoms with Gasteiger partial charge in [0, 0.05) is 10.4 Å². The summed E-state index contributed by atoms with van der Waals surface area (Å²) in [6, 6.07) is 8.08. The number of benzene rings is 1. The SMILES string of the molecule is C[C@@H]1C(C(=O)NN)[C@H]1c1cccc(Br)c1. The summed E-state index contributed by atoms with van der Waals surface area (Å²) in [5.74, 6) is 5.79. The van der Waals surface area contributed by atoms with E-state index in [0.29, 0.717) is 11.8 Å². The molecule has 0 radical (unpaired) electrons. The molecule has 4 heteroatoms. The molecule has 1 unspecified atom stereocenters. The molecule has 1 fully saturated rings. The monoisotopic (exact) mass is 268 g/mol. The van der Waals surface area contributed by atoms with Gasteiger partial charge in [-0.25, -0.2) is 5.84 Å². The van der Waals surface area contributed by atoms with Crippen molar-refractivity contribution in [3.63, 3.8) is 0 Å². The van der Waals surface area contributed by atoms with Crippen molar-refractivity contribution in [1.82, 2.24) is 5.43 Å². The number of carbonyl (C=O) groups is 1. The van der Waals surface area contributed by atoms with Gasteiger partial charge in [0.1, 0.15) is 0 Å². The Hall–Kier alpha value is -0.870. The molecule has 0 aliphatic heterocycles. The Balaban J connectivity index is 2.18. The van der Waals surface area contributed by atoms with Gasteiger partial charge in [0.25, 0.3) is 0 Å². The van der Waals surface area contributed by atoms with Crippen LogP contribution < -0.4 is 11.3 Å². The van der Waals surface area contributed by atoms with Gasteiger partial charge in [0.15, 0.2) is 0 Å². The van der Waals surface area contributed by atoms with Crippen LogP contribution in [0.2, 0.25) is 0 Å². The molecule has 1 saturated carbocycles. The molecule has 1 amide bonds. The second-order valence-electron chi connectivity index (χ2n) is 3.97. The predicted molar refractivity (Wildman–Crippen MR) is 61.9 cm³/mol. The van der Waals surface area contributed by atoms with Crippen molar-refractivity contribution < 1.29 is 4.79 Å². The van der Waals surface area contributed by atoms with Gasteiger partial charge in [0.05, 0.1) is 0 Å². The average Bonchev–Trinajstić information content (AvgIpc) is 2.89. The number of carbonyl (C=O) groups excluding carboxylic acids is 1. The van der Waals surface area contributed by atoms with Crippen LogP contribution in [0.3, 0.4) is 0 Å². The number of halogens is 1. The van der Waals surface area contributed by atoms with E-state index in [9.17, 15) is 4.79 Å². The second kappa shape index (κ2) is 3.94. The van der Waals surface area contributed by atoms with Crippen LogP contribution in [0.1, 0.15) is 18.4 Å². The van der Waals surface area contributed by atoms with Crippen LogP contribution in [0, 0.1) is 11.8 Å². The van der Waals surface area contributed by atoms with E-state index >= 15 is 0 Å². The van der Waals surface area contributed by atoms with Crippen molar-refractivity contribution >= 4 is 21.8 Å². The van der Waals surface area contributed by atoms with Crippen molar-refractivity contribution in [2.45, 2.75) is 12.8 Å². The summed E-state index contributed by atoms with van der Waals surface area (Å²) in [5, 5.41) is 0. The normalized spacial score (nSPS) is 28.6. The van der Waals surface area contributed by atoms with Crippen LogP contribution in [0.15, 0.2) is 28.7 Å². The van der Waals surface area contributed by atoms with Crippen LogP contribution >= 0.6 is 15.9 Å². The lowest BCUT2D eigenvalue weighted by molar-refractivity contribution is -0.122. The molecule has 1 aliphatic carbocycles. The number of hydrogen-bond acceptors (Lipinski definition) is 2. The Kier molecular flexibility index (Phi) is 2.80. The number of nitrogens with two attached hydrogens (primary N) is 1. The highest BCUT2D eigenvalue weighted by atomic mass is 79.9. The molecule has 0 heterocycles. The molecule has 80 valence electrons. The smallest absolute Gasteiger partial charge is 0.237 e. The summed E-state index contributed by atoms with van der Waals surface area (Å²) in [7, 11) is 0. The van der Waals surface area contributed by atoms with Gasteiger partial charge in [-0.1, -0.05) is 35.0 Å². The van der Waals surface area contributed by atoms with E-state index in [2.05, 4.69) is 40.4 Å². The van der Waals surface area contributed by atoms with Crippen molar-refractivity contribution in [3.05, 3.63) is 34.3 Å². The van der Waals surface area contributed by atoms with Gasteiger partial charge in [-0.05, 0) is 29.5 Å². The highest BCUT2D eigenvalue weighted by Crippen LogP contribution is 2.53. The van der Waals surface area contributed by atoms with Crippen LogP contribution in [0.5, 0.6) is 0 Å². The third-order valence-corrected chi connectivity index (χ3v) is 3.55. The van der Waals surface area contributed by atoms with E-state index in [-0.39, 0.29) is 11.8 Å². The first-order valence-corrected chi connectivity index (χ1v) is 5.70. The van der Waals surface area contributed by atoms with Gasteiger partial charge in [0.2, 0.25) is 5.91 Å². The van der Waals surface area contributed by atoms with Gasteiger partial charge < -0.3 is 0 Å². The Bertz CT molecular complexity index is 394. The van der Waals surface area contributed by atoms with Crippen molar-refractivity contribution in [2.75, 3.05) is 0 Å². The molecule has 0 aromatic heterocycles. The number of amides is 1. The summed E-state index contributed by atoms with van der Waals surface area (Å²) < 4.78 is 1.05. The molecular formula is C11H13BrN2O. The standard InChI is InChI=1S/C11H13BrN2O/c1-6-9(10(6)11(15)14-13)7-3-2-4-8(12)5-7/h2-6,9-10H,13H2,1H3,(H,14,15)/t6-,9+,10?/m0/s1. The third-order valence-electron chi connectivity index (χ3n) is 3.06. The van der Waals surface area contributed by atoms with E-state index < -0.39 is 0 Å². The third kappa shape index (κ3) is 1.92. The van der Waals surface area contributed by atoms with Crippen molar-refractivity contribution in [2.24, 2.45) is 17.7 Å². The first kappa shape index (κ1) is 10.6. The molecule has 0 bridgehead atoms. The minimum atomic E-state index is -0.0625. The minimum Gasteiger partial charge on any atom is -0.294 e. The maximum Gasteiger partial charge on any atom is 0.237 e. The predicted octanol–water partition coefficient (Wildman–Crippen LogP) is 1.79. The Morgan fingerprint density at radius 3 is 2.87 bits per heavy atom. The lowest BCUT2D eigenvalue weighted by Crippen LogP contribution is -2.32. The second-order valence-corrected chi connectivity index (χ2v) is 4.89. The Labute approximate surface area is 97.1 Å². The molecule has 15 heavy (non-hydrogen) atoms. The lowest BCUT2D eigenvalue weighted by Gasteiger charge is -2.00. The number of nitrogens with one attached hydrogen (secondary N) is 1. The Morgan fingerprint density at radius 1 is 1.53 bits per heavy atom. The fourth-order valence-corrected chi connectivity index (χ4v) is 2.60. The molecule has 1 aliphatic rings.